The van der Waals surface area contributed by atoms with E-state index in [0.29, 0.717) is 0 Å². The molecule has 0 saturated carbocycles. The quantitative estimate of drug-likeness (QED) is 0.477. The van der Waals surface area contributed by atoms with Gasteiger partial charge in [0, 0.05) is 31.0 Å². The molecule has 2 aromatic rings. The molecule has 0 bridgehead atoms. The number of hydrazine groups is 1. The van der Waals surface area contributed by atoms with Crippen molar-refractivity contribution in [2.75, 3.05) is 25.0 Å². The summed E-state index contributed by atoms with van der Waals surface area (Å²) in [5.41, 5.74) is 5.75. The van der Waals surface area contributed by atoms with Gasteiger partial charge in [-0.05, 0) is 25.1 Å². The second-order valence-electron chi connectivity index (χ2n) is 6.74. The number of benzene rings is 1. The molecule has 11 heteroatoms. The van der Waals surface area contributed by atoms with E-state index < -0.39 is 33.9 Å². The highest BCUT2D eigenvalue weighted by atomic mass is 32.2. The lowest BCUT2D eigenvalue weighted by molar-refractivity contribution is -0.128. The molecule has 1 heterocycles. The van der Waals surface area contributed by atoms with Crippen LogP contribution >= 0.6 is 0 Å². The Hall–Kier alpha value is -3.18. The standard InChI is InChI=1S/C20H27N5O5S/c1-4-25(5-2)31(29,30)17-10-11-20(28)24(13-17)14-19(27)23-22-18(26)12-21-16-8-6-15(3)7-9-16/h6-11,13,21H,4-5,12,14H2,1-3H3,(H,22,26)(H,23,27). The zero-order chi connectivity index (χ0) is 23.0. The molecule has 168 valence electrons. The van der Waals surface area contributed by atoms with Gasteiger partial charge in [-0.2, -0.15) is 4.31 Å². The number of nitrogens with zero attached hydrogens (tertiary/aromatic N) is 2. The second kappa shape index (κ2) is 10.7. The Bertz CT molecular complexity index is 1080. The van der Waals surface area contributed by atoms with E-state index in [1.165, 1.54) is 10.4 Å². The molecule has 0 spiro atoms. The molecule has 2 rings (SSSR count). The van der Waals surface area contributed by atoms with Gasteiger partial charge in [0.1, 0.15) is 6.54 Å². The van der Waals surface area contributed by atoms with Crippen molar-refractivity contribution in [1.82, 2.24) is 19.7 Å². The van der Waals surface area contributed by atoms with Crippen LogP contribution in [0.4, 0.5) is 5.69 Å². The Morgan fingerprint density at radius 1 is 0.968 bits per heavy atom. The van der Waals surface area contributed by atoms with E-state index in [-0.39, 0.29) is 24.5 Å². The Morgan fingerprint density at radius 2 is 1.58 bits per heavy atom. The van der Waals surface area contributed by atoms with Crippen LogP contribution in [-0.2, 0) is 26.2 Å². The number of aromatic nitrogens is 1. The van der Waals surface area contributed by atoms with Gasteiger partial charge in [-0.3, -0.25) is 25.2 Å². The van der Waals surface area contributed by atoms with E-state index in [2.05, 4.69) is 16.2 Å². The first-order valence-electron chi connectivity index (χ1n) is 9.76. The van der Waals surface area contributed by atoms with Crippen LogP contribution in [0.2, 0.25) is 0 Å². The van der Waals surface area contributed by atoms with E-state index in [1.54, 1.807) is 13.8 Å². The highest BCUT2D eigenvalue weighted by Crippen LogP contribution is 2.13. The van der Waals surface area contributed by atoms with Crippen molar-refractivity contribution in [1.29, 1.82) is 0 Å². The summed E-state index contributed by atoms with van der Waals surface area (Å²) in [5, 5.41) is 2.91. The number of anilines is 1. The summed E-state index contributed by atoms with van der Waals surface area (Å²) in [6.45, 7) is 5.41. The van der Waals surface area contributed by atoms with Gasteiger partial charge in [0.05, 0.1) is 11.4 Å². The van der Waals surface area contributed by atoms with Gasteiger partial charge < -0.3 is 9.88 Å². The van der Waals surface area contributed by atoms with Gasteiger partial charge in [0.15, 0.2) is 0 Å². The molecule has 0 radical (unpaired) electrons. The summed E-state index contributed by atoms with van der Waals surface area (Å²) in [4.78, 5) is 36.0. The molecule has 0 aliphatic carbocycles. The van der Waals surface area contributed by atoms with Crippen LogP contribution in [0.1, 0.15) is 19.4 Å². The third kappa shape index (κ3) is 6.66. The highest BCUT2D eigenvalue weighted by Gasteiger charge is 2.22. The van der Waals surface area contributed by atoms with Crippen LogP contribution in [-0.4, -0.2) is 48.7 Å². The molecule has 0 atom stereocenters. The predicted molar refractivity (Wildman–Crippen MR) is 117 cm³/mol. The molecular weight excluding hydrogens is 422 g/mol. The molecular formula is C20H27N5O5S. The number of pyridine rings is 1. The second-order valence-corrected chi connectivity index (χ2v) is 8.67. The fourth-order valence-electron chi connectivity index (χ4n) is 2.73. The molecule has 1 aromatic carbocycles. The fraction of sp³-hybridized carbons (Fsp3) is 0.350. The SMILES string of the molecule is CCN(CC)S(=O)(=O)c1ccc(=O)n(CC(=O)NNC(=O)CNc2ccc(C)cc2)c1. The molecule has 31 heavy (non-hydrogen) atoms. The third-order valence-electron chi connectivity index (χ3n) is 4.46. The third-order valence-corrected chi connectivity index (χ3v) is 6.49. The number of hydrogen-bond donors (Lipinski definition) is 3. The van der Waals surface area contributed by atoms with E-state index in [0.717, 1.165) is 28.1 Å². The smallest absolute Gasteiger partial charge is 0.258 e. The van der Waals surface area contributed by atoms with Crippen LogP contribution in [0.5, 0.6) is 0 Å². The lowest BCUT2D eigenvalue weighted by atomic mass is 10.2. The Morgan fingerprint density at radius 3 is 2.19 bits per heavy atom. The molecule has 0 fully saturated rings. The topological polar surface area (TPSA) is 130 Å². The Labute approximate surface area is 181 Å². The zero-order valence-corrected chi connectivity index (χ0v) is 18.5. The summed E-state index contributed by atoms with van der Waals surface area (Å²) in [5.74, 6) is -1.16. The lowest BCUT2D eigenvalue weighted by Gasteiger charge is -2.19. The molecule has 10 nitrogen and oxygen atoms in total. The number of carbonyl (C=O) groups is 2. The van der Waals surface area contributed by atoms with Crippen LogP contribution in [0.3, 0.4) is 0 Å². The lowest BCUT2D eigenvalue weighted by Crippen LogP contribution is -2.46. The first kappa shape index (κ1) is 24.1. The van der Waals surface area contributed by atoms with Crippen LogP contribution in [0, 0.1) is 6.92 Å². The van der Waals surface area contributed by atoms with Gasteiger partial charge in [0.25, 0.3) is 17.4 Å². The number of sulfonamides is 1. The molecule has 1 aromatic heterocycles. The van der Waals surface area contributed by atoms with Crippen molar-refractivity contribution in [3.05, 3.63) is 58.5 Å². The Balaban J connectivity index is 1.95. The van der Waals surface area contributed by atoms with Crippen LogP contribution in [0.25, 0.3) is 0 Å². The number of nitrogens with one attached hydrogen (secondary N) is 3. The monoisotopic (exact) mass is 449 g/mol. The number of carbonyl (C=O) groups excluding carboxylic acids is 2. The average molecular weight is 450 g/mol. The summed E-state index contributed by atoms with van der Waals surface area (Å²) >= 11 is 0. The minimum absolute atomic E-state index is 0.0686. The first-order chi connectivity index (χ1) is 14.7. The van der Waals surface area contributed by atoms with Crippen LogP contribution in [0.15, 0.2) is 52.3 Å². The maximum absolute atomic E-state index is 12.6. The van der Waals surface area contributed by atoms with Gasteiger partial charge in [-0.25, -0.2) is 8.42 Å². The summed E-state index contributed by atoms with van der Waals surface area (Å²) in [6.07, 6.45) is 1.12. The van der Waals surface area contributed by atoms with Crippen molar-refractivity contribution < 1.29 is 18.0 Å². The summed E-state index contributed by atoms with van der Waals surface area (Å²) < 4.78 is 27.4. The van der Waals surface area contributed by atoms with Gasteiger partial charge >= 0.3 is 0 Å². The van der Waals surface area contributed by atoms with Crippen LogP contribution < -0.4 is 21.7 Å². The number of hydrogen-bond acceptors (Lipinski definition) is 6. The average Bonchev–Trinajstić information content (AvgIpc) is 2.74. The van der Waals surface area contributed by atoms with Gasteiger partial charge in [-0.15, -0.1) is 0 Å². The van der Waals surface area contributed by atoms with E-state index in [4.69, 9.17) is 0 Å². The van der Waals surface area contributed by atoms with Gasteiger partial charge in [-0.1, -0.05) is 31.5 Å². The maximum atomic E-state index is 12.6. The summed E-state index contributed by atoms with van der Waals surface area (Å²) in [6, 6.07) is 9.75. The van der Waals surface area contributed by atoms with Crippen molar-refractivity contribution in [3.63, 3.8) is 0 Å². The zero-order valence-electron chi connectivity index (χ0n) is 17.7. The number of rotatable bonds is 9. The minimum Gasteiger partial charge on any atom is -0.376 e. The van der Waals surface area contributed by atoms with Gasteiger partial charge in [0.2, 0.25) is 10.0 Å². The molecule has 2 amide bonds. The van der Waals surface area contributed by atoms with E-state index in [1.807, 2.05) is 31.2 Å². The maximum Gasteiger partial charge on any atom is 0.258 e. The number of amides is 2. The largest absolute Gasteiger partial charge is 0.376 e. The van der Waals surface area contributed by atoms with Crippen molar-refractivity contribution >= 4 is 27.5 Å². The highest BCUT2D eigenvalue weighted by molar-refractivity contribution is 7.89. The normalized spacial score (nSPS) is 11.2. The summed E-state index contributed by atoms with van der Waals surface area (Å²) in [7, 11) is -3.77. The minimum atomic E-state index is -3.77. The Kier molecular flexibility index (Phi) is 8.34. The van der Waals surface area contributed by atoms with E-state index in [9.17, 15) is 22.8 Å². The van der Waals surface area contributed by atoms with Crippen molar-refractivity contribution in [2.24, 2.45) is 0 Å². The molecule has 0 unspecified atom stereocenters. The molecule has 0 aliphatic heterocycles. The predicted octanol–water partition coefficient (Wildman–Crippen LogP) is 0.447. The van der Waals surface area contributed by atoms with Crippen molar-refractivity contribution in [3.8, 4) is 0 Å². The molecule has 0 aliphatic rings. The number of aryl methyl sites for hydroxylation is 1. The van der Waals surface area contributed by atoms with E-state index >= 15 is 0 Å². The molecule has 3 N–H and O–H groups in total. The first-order valence-corrected chi connectivity index (χ1v) is 11.2. The fourth-order valence-corrected chi connectivity index (χ4v) is 4.21. The van der Waals surface area contributed by atoms with Crippen molar-refractivity contribution in [2.45, 2.75) is 32.2 Å². The molecule has 0 saturated heterocycles.